The van der Waals surface area contributed by atoms with Gasteiger partial charge in [0.2, 0.25) is 0 Å². The molecule has 0 aliphatic heterocycles. The van der Waals surface area contributed by atoms with E-state index in [0.29, 0.717) is 0 Å². The van der Waals surface area contributed by atoms with Crippen molar-refractivity contribution in [2.75, 3.05) is 5.32 Å². The molecular formula is C34H23NS. The second-order valence-corrected chi connectivity index (χ2v) is 10.1. The average Bonchev–Trinajstić information content (AvgIpc) is 3.33. The van der Waals surface area contributed by atoms with Crippen molar-refractivity contribution in [3.8, 4) is 22.3 Å². The summed E-state index contributed by atoms with van der Waals surface area (Å²) in [4.78, 5) is 0. The fourth-order valence-electron chi connectivity index (χ4n) is 5.19. The topological polar surface area (TPSA) is 12.0 Å². The molecule has 0 radical (unpaired) electrons. The van der Waals surface area contributed by atoms with Crippen LogP contribution in [0.5, 0.6) is 0 Å². The quantitative estimate of drug-likeness (QED) is 0.266. The molecule has 0 spiro atoms. The minimum Gasteiger partial charge on any atom is -0.355 e. The Hall–Kier alpha value is -4.40. The summed E-state index contributed by atoms with van der Waals surface area (Å²) in [5.74, 6) is 0. The molecule has 170 valence electrons. The number of thiophene rings is 1. The zero-order valence-corrected chi connectivity index (χ0v) is 20.4. The van der Waals surface area contributed by atoms with Crippen molar-refractivity contribution in [1.82, 2.24) is 0 Å². The van der Waals surface area contributed by atoms with Gasteiger partial charge >= 0.3 is 0 Å². The highest BCUT2D eigenvalue weighted by atomic mass is 32.1. The van der Waals surface area contributed by atoms with Crippen LogP contribution in [0.2, 0.25) is 0 Å². The van der Waals surface area contributed by atoms with E-state index in [1.165, 1.54) is 53.2 Å². The van der Waals surface area contributed by atoms with Gasteiger partial charge in [-0.1, -0.05) is 109 Å². The van der Waals surface area contributed by atoms with Crippen molar-refractivity contribution in [1.29, 1.82) is 0 Å². The summed E-state index contributed by atoms with van der Waals surface area (Å²) in [6, 6.07) is 47.7. The molecule has 0 saturated heterocycles. The van der Waals surface area contributed by atoms with Crippen LogP contribution >= 0.6 is 11.3 Å². The van der Waals surface area contributed by atoms with Crippen LogP contribution in [0.25, 0.3) is 53.2 Å². The van der Waals surface area contributed by atoms with Crippen LogP contribution in [0.15, 0.2) is 133 Å². The number of rotatable bonds is 4. The van der Waals surface area contributed by atoms with Crippen LogP contribution in [-0.2, 0) is 0 Å². The predicted octanol–water partition coefficient (Wildman–Crippen LogP) is 10.3. The number of hydrogen-bond acceptors (Lipinski definition) is 2. The monoisotopic (exact) mass is 477 g/mol. The Bertz CT molecular complexity index is 1860. The van der Waals surface area contributed by atoms with Gasteiger partial charge < -0.3 is 5.32 Å². The van der Waals surface area contributed by atoms with Gasteiger partial charge in [-0.15, -0.1) is 11.3 Å². The maximum absolute atomic E-state index is 3.75. The van der Waals surface area contributed by atoms with Gasteiger partial charge in [0.05, 0.1) is 0 Å². The number of nitrogens with one attached hydrogen (secondary N) is 1. The van der Waals surface area contributed by atoms with Crippen molar-refractivity contribution in [2.24, 2.45) is 0 Å². The first-order chi connectivity index (χ1) is 17.8. The van der Waals surface area contributed by atoms with Gasteiger partial charge in [-0.2, -0.15) is 0 Å². The van der Waals surface area contributed by atoms with Crippen LogP contribution in [0, 0.1) is 0 Å². The third-order valence-corrected chi connectivity index (χ3v) is 8.05. The number of anilines is 2. The molecule has 1 N–H and O–H groups in total. The highest BCUT2D eigenvalue weighted by Gasteiger charge is 2.13. The molecule has 0 unspecified atom stereocenters. The molecule has 1 aromatic heterocycles. The number of hydrogen-bond donors (Lipinski definition) is 1. The first-order valence-corrected chi connectivity index (χ1v) is 13.0. The van der Waals surface area contributed by atoms with Crippen LogP contribution in [0.1, 0.15) is 0 Å². The fourth-order valence-corrected chi connectivity index (χ4v) is 6.46. The second kappa shape index (κ2) is 8.67. The molecule has 0 saturated carbocycles. The summed E-state index contributed by atoms with van der Waals surface area (Å²) >= 11 is 1.87. The van der Waals surface area contributed by atoms with Gasteiger partial charge in [-0.25, -0.2) is 0 Å². The molecule has 6 aromatic carbocycles. The van der Waals surface area contributed by atoms with E-state index in [-0.39, 0.29) is 0 Å². The number of benzene rings is 6. The third kappa shape index (κ3) is 3.55. The van der Waals surface area contributed by atoms with Crippen LogP contribution < -0.4 is 5.32 Å². The zero-order chi connectivity index (χ0) is 23.9. The van der Waals surface area contributed by atoms with Gasteiger partial charge in [-0.05, 0) is 57.3 Å². The molecular weight excluding hydrogens is 454 g/mol. The maximum atomic E-state index is 3.75. The van der Waals surface area contributed by atoms with E-state index >= 15 is 0 Å². The van der Waals surface area contributed by atoms with E-state index in [2.05, 4.69) is 139 Å². The van der Waals surface area contributed by atoms with E-state index in [9.17, 15) is 0 Å². The highest BCUT2D eigenvalue weighted by Crippen LogP contribution is 2.43. The largest absolute Gasteiger partial charge is 0.355 e. The lowest BCUT2D eigenvalue weighted by molar-refractivity contribution is 1.57. The fraction of sp³-hybridized carbons (Fsp3) is 0. The Kier molecular flexibility index (Phi) is 5.04. The molecule has 0 fully saturated rings. The molecule has 0 bridgehead atoms. The Balaban J connectivity index is 1.34. The van der Waals surface area contributed by atoms with E-state index in [1.807, 2.05) is 11.3 Å². The molecule has 36 heavy (non-hydrogen) atoms. The molecule has 0 aliphatic rings. The minimum atomic E-state index is 1.09. The van der Waals surface area contributed by atoms with Crippen molar-refractivity contribution in [3.63, 3.8) is 0 Å². The summed E-state index contributed by atoms with van der Waals surface area (Å²) in [5.41, 5.74) is 7.24. The number of fused-ring (bicyclic) bond motifs is 4. The molecule has 7 aromatic rings. The predicted molar refractivity (Wildman–Crippen MR) is 157 cm³/mol. The van der Waals surface area contributed by atoms with E-state index in [0.717, 1.165) is 11.4 Å². The molecule has 2 heteroatoms. The summed E-state index contributed by atoms with van der Waals surface area (Å²) in [5, 5.41) is 8.86. The molecule has 7 rings (SSSR count). The summed E-state index contributed by atoms with van der Waals surface area (Å²) in [6.45, 7) is 0. The second-order valence-electron chi connectivity index (χ2n) is 9.06. The maximum Gasteiger partial charge on any atom is 0.0478 e. The molecule has 1 nitrogen and oxygen atoms in total. The molecule has 0 atom stereocenters. The van der Waals surface area contributed by atoms with E-state index in [1.54, 1.807) is 0 Å². The van der Waals surface area contributed by atoms with Crippen LogP contribution in [0.3, 0.4) is 0 Å². The minimum absolute atomic E-state index is 1.09. The van der Waals surface area contributed by atoms with Crippen molar-refractivity contribution < 1.29 is 0 Å². The van der Waals surface area contributed by atoms with E-state index < -0.39 is 0 Å². The first-order valence-electron chi connectivity index (χ1n) is 12.2. The summed E-state index contributed by atoms with van der Waals surface area (Å²) < 4.78 is 2.63. The van der Waals surface area contributed by atoms with Crippen molar-refractivity contribution in [2.45, 2.75) is 0 Å². The molecule has 0 amide bonds. The van der Waals surface area contributed by atoms with Gasteiger partial charge in [0, 0.05) is 31.5 Å². The third-order valence-electron chi connectivity index (χ3n) is 6.85. The van der Waals surface area contributed by atoms with Crippen molar-refractivity contribution in [3.05, 3.63) is 133 Å². The Morgan fingerprint density at radius 2 is 1.19 bits per heavy atom. The lowest BCUT2D eigenvalue weighted by Crippen LogP contribution is -1.91. The highest BCUT2D eigenvalue weighted by molar-refractivity contribution is 7.26. The standard InChI is InChI=1S/C34H23NS/c1-2-10-24(11-3-1)29-18-8-19-30-33-31(20-9-21-32(33)36-34(29)30)35-26-15-6-14-25(22-26)28-17-7-13-23-12-4-5-16-27(23)28/h1-22,35H. The molecule has 0 aliphatic carbocycles. The Labute approximate surface area is 214 Å². The Morgan fingerprint density at radius 1 is 0.500 bits per heavy atom. The van der Waals surface area contributed by atoms with E-state index in [4.69, 9.17) is 0 Å². The summed E-state index contributed by atoms with van der Waals surface area (Å²) in [7, 11) is 0. The van der Waals surface area contributed by atoms with Crippen molar-refractivity contribution >= 4 is 53.7 Å². The lowest BCUT2D eigenvalue weighted by atomic mass is 9.98. The SMILES string of the molecule is c1ccc(-c2cccc3c2sc2cccc(Nc4cccc(-c5cccc6ccccc56)c4)c23)cc1. The van der Waals surface area contributed by atoms with Gasteiger partial charge in [-0.3, -0.25) is 0 Å². The Morgan fingerprint density at radius 3 is 2.14 bits per heavy atom. The van der Waals surface area contributed by atoms with Gasteiger partial charge in [0.15, 0.2) is 0 Å². The molecule has 1 heterocycles. The zero-order valence-electron chi connectivity index (χ0n) is 19.6. The summed E-state index contributed by atoms with van der Waals surface area (Å²) in [6.07, 6.45) is 0. The smallest absolute Gasteiger partial charge is 0.0478 e. The van der Waals surface area contributed by atoms with Gasteiger partial charge in [0.1, 0.15) is 0 Å². The van der Waals surface area contributed by atoms with Crippen LogP contribution in [0.4, 0.5) is 11.4 Å². The average molecular weight is 478 g/mol. The van der Waals surface area contributed by atoms with Crippen LogP contribution in [-0.4, -0.2) is 0 Å². The van der Waals surface area contributed by atoms with Gasteiger partial charge in [0.25, 0.3) is 0 Å². The normalized spacial score (nSPS) is 11.3. The lowest BCUT2D eigenvalue weighted by Gasteiger charge is -2.12. The first kappa shape index (κ1) is 20.9.